The fraction of sp³-hybridized carbons (Fsp3) is 0.467. The molecule has 23 heavy (non-hydrogen) atoms. The maximum absolute atomic E-state index is 12.4. The molecule has 0 amide bonds. The van der Waals surface area contributed by atoms with E-state index in [-0.39, 0.29) is 18.0 Å². The molecule has 8 heteroatoms. The molecule has 0 heterocycles. The van der Waals surface area contributed by atoms with Crippen LogP contribution in [0.25, 0.3) is 0 Å². The van der Waals surface area contributed by atoms with E-state index in [0.717, 1.165) is 5.56 Å². The molecule has 0 aliphatic heterocycles. The van der Waals surface area contributed by atoms with Gasteiger partial charge in [0.05, 0.1) is 17.8 Å². The third kappa shape index (κ3) is 6.36. The van der Waals surface area contributed by atoms with E-state index in [1.807, 2.05) is 0 Å². The lowest BCUT2D eigenvalue weighted by atomic mass is 10.1. The van der Waals surface area contributed by atoms with Gasteiger partial charge in [-0.15, -0.1) is 0 Å². The van der Waals surface area contributed by atoms with Crippen molar-refractivity contribution in [1.82, 2.24) is 0 Å². The summed E-state index contributed by atoms with van der Waals surface area (Å²) >= 11 is 0. The van der Waals surface area contributed by atoms with E-state index in [4.69, 9.17) is 19.8 Å². The quantitative estimate of drug-likeness (QED) is 0.523. The van der Waals surface area contributed by atoms with Gasteiger partial charge in [0.2, 0.25) is 0 Å². The van der Waals surface area contributed by atoms with Gasteiger partial charge in [-0.25, -0.2) is 4.39 Å². The Kier molecular flexibility index (Phi) is 7.80. The molecular formula is C15H22FNO5S. The van der Waals surface area contributed by atoms with E-state index < -0.39 is 16.4 Å². The van der Waals surface area contributed by atoms with Crippen LogP contribution >= 0.6 is 0 Å². The number of halogens is 1. The highest BCUT2D eigenvalue weighted by Crippen LogP contribution is 2.18. The van der Waals surface area contributed by atoms with E-state index in [2.05, 4.69) is 0 Å². The topological polar surface area (TPSA) is 98.9 Å². The first-order valence-corrected chi connectivity index (χ1v) is 8.45. The second kappa shape index (κ2) is 9.09. The maximum Gasteiger partial charge on any atom is 0.294 e. The lowest BCUT2D eigenvalue weighted by Gasteiger charge is -2.17. The molecule has 0 aliphatic rings. The van der Waals surface area contributed by atoms with Crippen LogP contribution < -0.4 is 5.73 Å². The van der Waals surface area contributed by atoms with Crippen LogP contribution in [0.15, 0.2) is 35.0 Å². The first-order valence-electron chi connectivity index (χ1n) is 7.01. The summed E-state index contributed by atoms with van der Waals surface area (Å²) in [4.78, 5) is -0.110. The first-order chi connectivity index (χ1) is 10.8. The molecule has 130 valence electrons. The Balaban J connectivity index is 2.64. The Bertz CT molecular complexity index is 645. The van der Waals surface area contributed by atoms with Crippen molar-refractivity contribution in [1.29, 1.82) is 0 Å². The van der Waals surface area contributed by atoms with E-state index in [0.29, 0.717) is 30.3 Å². The minimum absolute atomic E-state index is 0.0478. The SMILES string of the molecule is COC(CCc1ccc(S(=O)(=O)O)c(C)c1)OCC(=CF)CN. The molecule has 1 rings (SSSR count). The van der Waals surface area contributed by atoms with Crippen LogP contribution in [0.1, 0.15) is 17.5 Å². The predicted octanol–water partition coefficient (Wildman–Crippen LogP) is 1.98. The fourth-order valence-electron chi connectivity index (χ4n) is 2.05. The molecule has 0 saturated heterocycles. The highest BCUT2D eigenvalue weighted by molar-refractivity contribution is 7.85. The van der Waals surface area contributed by atoms with Gasteiger partial charge in [0, 0.05) is 20.1 Å². The number of ether oxygens (including phenoxy) is 2. The average molecular weight is 347 g/mol. The van der Waals surface area contributed by atoms with Crippen LogP contribution in [0.5, 0.6) is 0 Å². The molecule has 1 aromatic rings. The van der Waals surface area contributed by atoms with E-state index in [9.17, 15) is 12.8 Å². The van der Waals surface area contributed by atoms with Crippen molar-refractivity contribution in [2.24, 2.45) is 5.73 Å². The van der Waals surface area contributed by atoms with Gasteiger partial charge in [-0.1, -0.05) is 12.1 Å². The number of aryl methyl sites for hydroxylation is 2. The first kappa shape index (κ1) is 19.7. The molecular weight excluding hydrogens is 325 g/mol. The Hall–Kier alpha value is -1.32. The summed E-state index contributed by atoms with van der Waals surface area (Å²) in [5, 5.41) is 0. The molecule has 0 saturated carbocycles. The Morgan fingerprint density at radius 2 is 2.17 bits per heavy atom. The van der Waals surface area contributed by atoms with Crippen molar-refractivity contribution < 1.29 is 26.8 Å². The molecule has 3 N–H and O–H groups in total. The molecule has 0 aliphatic carbocycles. The second-order valence-corrected chi connectivity index (χ2v) is 6.45. The van der Waals surface area contributed by atoms with Gasteiger partial charge in [0.1, 0.15) is 0 Å². The summed E-state index contributed by atoms with van der Waals surface area (Å²) in [7, 11) is -2.73. The molecule has 1 unspecified atom stereocenters. The number of rotatable bonds is 9. The zero-order valence-corrected chi connectivity index (χ0v) is 14.0. The standard InChI is InChI=1S/C15H22FNO5S/c1-11-7-12(3-5-14(11)23(18,19)20)4-6-15(21-2)22-10-13(8-16)9-17/h3,5,7-8,15H,4,6,9-10,17H2,1-2H3,(H,18,19,20). The normalized spacial score (nSPS) is 14.0. The van der Waals surface area contributed by atoms with Gasteiger partial charge in [0.15, 0.2) is 6.29 Å². The molecule has 1 atom stereocenters. The van der Waals surface area contributed by atoms with E-state index >= 15 is 0 Å². The number of benzene rings is 1. The number of nitrogens with two attached hydrogens (primary N) is 1. The largest absolute Gasteiger partial charge is 0.356 e. The van der Waals surface area contributed by atoms with Crippen molar-refractivity contribution in [2.45, 2.75) is 31.0 Å². The lowest BCUT2D eigenvalue weighted by Crippen LogP contribution is -2.20. The van der Waals surface area contributed by atoms with Crippen LogP contribution in [0.4, 0.5) is 4.39 Å². The highest BCUT2D eigenvalue weighted by Gasteiger charge is 2.14. The summed E-state index contributed by atoms with van der Waals surface area (Å²) in [6.07, 6.45) is 0.968. The van der Waals surface area contributed by atoms with Crippen LogP contribution in [-0.2, 0) is 26.0 Å². The molecule has 0 spiro atoms. The molecule has 1 aromatic carbocycles. The zero-order chi connectivity index (χ0) is 17.5. The molecule has 0 fully saturated rings. The van der Waals surface area contributed by atoms with Gasteiger partial charge in [-0.05, 0) is 36.1 Å². The summed E-state index contributed by atoms with van der Waals surface area (Å²) in [5.41, 5.74) is 7.02. The smallest absolute Gasteiger partial charge is 0.294 e. The zero-order valence-electron chi connectivity index (χ0n) is 13.2. The molecule has 0 radical (unpaired) electrons. The summed E-state index contributed by atoms with van der Waals surface area (Å²) < 4.78 is 54.4. The monoisotopic (exact) mass is 347 g/mol. The van der Waals surface area contributed by atoms with E-state index in [1.165, 1.54) is 13.2 Å². The van der Waals surface area contributed by atoms with Crippen LogP contribution in [0, 0.1) is 6.92 Å². The van der Waals surface area contributed by atoms with Gasteiger partial charge in [-0.2, -0.15) is 8.42 Å². The Morgan fingerprint density at radius 1 is 1.48 bits per heavy atom. The third-order valence-electron chi connectivity index (χ3n) is 3.32. The van der Waals surface area contributed by atoms with Crippen LogP contribution in [0.3, 0.4) is 0 Å². The molecule has 0 aromatic heterocycles. The van der Waals surface area contributed by atoms with Crippen molar-refractivity contribution in [3.05, 3.63) is 41.2 Å². The van der Waals surface area contributed by atoms with Gasteiger partial charge >= 0.3 is 0 Å². The van der Waals surface area contributed by atoms with E-state index in [1.54, 1.807) is 19.1 Å². The minimum atomic E-state index is -4.21. The van der Waals surface area contributed by atoms with Gasteiger partial charge < -0.3 is 15.2 Å². The average Bonchev–Trinajstić information content (AvgIpc) is 2.49. The summed E-state index contributed by atoms with van der Waals surface area (Å²) in [6.45, 7) is 1.73. The van der Waals surface area contributed by atoms with Crippen LogP contribution in [-0.4, -0.2) is 39.5 Å². The van der Waals surface area contributed by atoms with Gasteiger partial charge in [-0.3, -0.25) is 4.55 Å². The maximum atomic E-state index is 12.4. The van der Waals surface area contributed by atoms with Crippen molar-refractivity contribution in [3.63, 3.8) is 0 Å². The van der Waals surface area contributed by atoms with Crippen molar-refractivity contribution >= 4 is 10.1 Å². The fourth-order valence-corrected chi connectivity index (χ4v) is 2.75. The molecule has 6 nitrogen and oxygen atoms in total. The minimum Gasteiger partial charge on any atom is -0.356 e. The summed E-state index contributed by atoms with van der Waals surface area (Å²) in [6, 6.07) is 4.67. The lowest BCUT2D eigenvalue weighted by molar-refractivity contribution is -0.120. The predicted molar refractivity (Wildman–Crippen MR) is 84.3 cm³/mol. The number of hydrogen-bond donors (Lipinski definition) is 2. The van der Waals surface area contributed by atoms with Crippen molar-refractivity contribution in [2.75, 3.05) is 20.3 Å². The Morgan fingerprint density at radius 3 is 2.65 bits per heavy atom. The highest BCUT2D eigenvalue weighted by atomic mass is 32.2. The number of hydrogen-bond acceptors (Lipinski definition) is 5. The summed E-state index contributed by atoms with van der Waals surface area (Å²) in [5.74, 6) is 0. The van der Waals surface area contributed by atoms with Crippen molar-refractivity contribution in [3.8, 4) is 0 Å². The Labute approximate surface area is 135 Å². The molecule has 0 bridgehead atoms. The van der Waals surface area contributed by atoms with Gasteiger partial charge in [0.25, 0.3) is 10.1 Å². The number of methoxy groups -OCH3 is 1. The second-order valence-electron chi connectivity index (χ2n) is 5.06. The third-order valence-corrected chi connectivity index (χ3v) is 4.33. The van der Waals surface area contributed by atoms with Crippen LogP contribution in [0.2, 0.25) is 0 Å².